The number of amides is 2. The number of carbonyl (C=O) groups is 2. The summed E-state index contributed by atoms with van der Waals surface area (Å²) in [4.78, 5) is 29.4. The maximum absolute atomic E-state index is 11.6. The van der Waals surface area contributed by atoms with Gasteiger partial charge in [0.15, 0.2) is 5.17 Å². The smallest absolute Gasteiger partial charge is 0.315 e. The number of amidine groups is 1. The predicted molar refractivity (Wildman–Crippen MR) is 75.2 cm³/mol. The Labute approximate surface area is 116 Å². The van der Waals surface area contributed by atoms with Gasteiger partial charge >= 0.3 is 11.8 Å². The monoisotopic (exact) mass is 285 g/mol. The van der Waals surface area contributed by atoms with Crippen molar-refractivity contribution in [3.63, 3.8) is 0 Å². The summed E-state index contributed by atoms with van der Waals surface area (Å²) in [6.45, 7) is 5.88. The highest BCUT2D eigenvalue weighted by Gasteiger charge is 2.17. The number of nitrogens with zero attached hydrogens (tertiary/aromatic N) is 2. The molecule has 0 atom stereocenters. The summed E-state index contributed by atoms with van der Waals surface area (Å²) >= 11 is 1.46. The van der Waals surface area contributed by atoms with Crippen LogP contribution >= 0.6 is 11.8 Å². The van der Waals surface area contributed by atoms with Gasteiger partial charge in [-0.1, -0.05) is 11.8 Å². The third-order valence-electron chi connectivity index (χ3n) is 2.94. The molecule has 19 heavy (non-hydrogen) atoms. The molecular formula is C11H19N5O2S. The summed E-state index contributed by atoms with van der Waals surface area (Å²) in [5.41, 5.74) is 0. The van der Waals surface area contributed by atoms with Gasteiger partial charge < -0.3 is 10.6 Å². The molecule has 1 fully saturated rings. The Balaban J connectivity index is 1.61. The maximum atomic E-state index is 11.6. The lowest BCUT2D eigenvalue weighted by atomic mass is 10.3. The highest BCUT2D eigenvalue weighted by Crippen LogP contribution is 2.08. The number of aliphatic imine (C=N–C) groups is 1. The van der Waals surface area contributed by atoms with Gasteiger partial charge in [0.1, 0.15) is 0 Å². The number of hydrogen-bond acceptors (Lipinski definition) is 6. The van der Waals surface area contributed by atoms with Gasteiger partial charge in [0.25, 0.3) is 0 Å². The van der Waals surface area contributed by atoms with Crippen LogP contribution in [0.25, 0.3) is 0 Å². The third-order valence-corrected chi connectivity index (χ3v) is 3.83. The average molecular weight is 285 g/mol. The molecule has 1 saturated heterocycles. The van der Waals surface area contributed by atoms with Crippen molar-refractivity contribution in [3.05, 3.63) is 0 Å². The Morgan fingerprint density at radius 3 is 2.79 bits per heavy atom. The van der Waals surface area contributed by atoms with Crippen molar-refractivity contribution in [2.24, 2.45) is 4.99 Å². The lowest BCUT2D eigenvalue weighted by molar-refractivity contribution is -0.138. The molecule has 3 N–H and O–H groups in total. The van der Waals surface area contributed by atoms with E-state index in [0.29, 0.717) is 18.3 Å². The van der Waals surface area contributed by atoms with Crippen LogP contribution in [-0.2, 0) is 9.59 Å². The minimum Gasteiger partial charge on any atom is -0.347 e. The molecule has 2 aliphatic heterocycles. The SMILES string of the molecule is O=C(NCCN1CCNCC1)C(=O)NC1=NCCS1. The van der Waals surface area contributed by atoms with E-state index < -0.39 is 11.8 Å². The number of piperazine rings is 1. The number of nitrogens with one attached hydrogen (secondary N) is 3. The largest absolute Gasteiger partial charge is 0.347 e. The van der Waals surface area contributed by atoms with Crippen LogP contribution in [0.2, 0.25) is 0 Å². The highest BCUT2D eigenvalue weighted by atomic mass is 32.2. The average Bonchev–Trinajstić information content (AvgIpc) is 2.92. The molecule has 2 rings (SSSR count). The quantitative estimate of drug-likeness (QED) is 0.534. The first-order valence-electron chi connectivity index (χ1n) is 6.45. The summed E-state index contributed by atoms with van der Waals surface area (Å²) in [5, 5.41) is 8.94. The molecule has 0 unspecified atom stereocenters. The molecule has 7 nitrogen and oxygen atoms in total. The van der Waals surface area contributed by atoms with Crippen LogP contribution in [0.5, 0.6) is 0 Å². The highest BCUT2D eigenvalue weighted by molar-refractivity contribution is 8.14. The van der Waals surface area contributed by atoms with E-state index in [1.807, 2.05) is 0 Å². The molecule has 2 aliphatic rings. The molecule has 0 aromatic rings. The van der Waals surface area contributed by atoms with E-state index in [-0.39, 0.29) is 0 Å². The van der Waals surface area contributed by atoms with E-state index in [4.69, 9.17) is 0 Å². The Morgan fingerprint density at radius 2 is 2.11 bits per heavy atom. The normalized spacial score (nSPS) is 19.9. The van der Waals surface area contributed by atoms with Gasteiger partial charge in [-0.15, -0.1) is 0 Å². The lowest BCUT2D eigenvalue weighted by Crippen LogP contribution is -2.48. The van der Waals surface area contributed by atoms with Crippen LogP contribution in [0.3, 0.4) is 0 Å². The second-order valence-electron chi connectivity index (χ2n) is 4.34. The van der Waals surface area contributed by atoms with Crippen molar-refractivity contribution < 1.29 is 9.59 Å². The van der Waals surface area contributed by atoms with E-state index in [1.54, 1.807) is 0 Å². The second kappa shape index (κ2) is 7.46. The molecule has 0 aliphatic carbocycles. The summed E-state index contributed by atoms with van der Waals surface area (Å²) in [6, 6.07) is 0. The van der Waals surface area contributed by atoms with E-state index in [9.17, 15) is 9.59 Å². The molecular weight excluding hydrogens is 266 g/mol. The molecule has 8 heteroatoms. The zero-order valence-corrected chi connectivity index (χ0v) is 11.6. The van der Waals surface area contributed by atoms with Crippen LogP contribution in [0.15, 0.2) is 4.99 Å². The van der Waals surface area contributed by atoms with E-state index in [0.717, 1.165) is 38.5 Å². The minimum atomic E-state index is -0.631. The fourth-order valence-corrected chi connectivity index (χ4v) is 2.63. The minimum absolute atomic E-state index is 0.492. The zero-order chi connectivity index (χ0) is 13.5. The summed E-state index contributed by atoms with van der Waals surface area (Å²) in [7, 11) is 0. The molecule has 2 amide bonds. The first-order valence-corrected chi connectivity index (χ1v) is 7.44. The Morgan fingerprint density at radius 1 is 1.32 bits per heavy atom. The van der Waals surface area contributed by atoms with Gasteiger partial charge in [-0.3, -0.25) is 24.8 Å². The topological polar surface area (TPSA) is 85.8 Å². The van der Waals surface area contributed by atoms with Crippen LogP contribution < -0.4 is 16.0 Å². The van der Waals surface area contributed by atoms with E-state index in [2.05, 4.69) is 25.8 Å². The van der Waals surface area contributed by atoms with Gasteiger partial charge in [-0.25, -0.2) is 0 Å². The van der Waals surface area contributed by atoms with E-state index >= 15 is 0 Å². The van der Waals surface area contributed by atoms with Crippen molar-refractivity contribution in [1.82, 2.24) is 20.9 Å². The van der Waals surface area contributed by atoms with Crippen LogP contribution in [0, 0.1) is 0 Å². The summed E-state index contributed by atoms with van der Waals surface area (Å²) < 4.78 is 0. The fraction of sp³-hybridized carbons (Fsp3) is 0.727. The van der Waals surface area contributed by atoms with Gasteiger partial charge in [-0.05, 0) is 0 Å². The molecule has 106 valence electrons. The van der Waals surface area contributed by atoms with Crippen LogP contribution in [-0.4, -0.2) is 73.4 Å². The van der Waals surface area contributed by atoms with Gasteiger partial charge in [0.05, 0.1) is 6.54 Å². The van der Waals surface area contributed by atoms with Crippen molar-refractivity contribution in [2.45, 2.75) is 0 Å². The number of carbonyl (C=O) groups excluding carboxylic acids is 2. The summed E-state index contributed by atoms with van der Waals surface area (Å²) in [5.74, 6) is -0.362. The van der Waals surface area contributed by atoms with Crippen LogP contribution in [0.1, 0.15) is 0 Å². The first-order chi connectivity index (χ1) is 9.25. The standard InChI is InChI=1S/C11H19N5O2S/c17-9(10(18)15-11-14-4-8-19-11)13-3-7-16-5-1-12-2-6-16/h12H,1-8H2,(H,13,17)(H,14,15,18). The summed E-state index contributed by atoms with van der Waals surface area (Å²) in [6.07, 6.45) is 0. The maximum Gasteiger partial charge on any atom is 0.315 e. The first kappa shape index (κ1) is 14.3. The lowest BCUT2D eigenvalue weighted by Gasteiger charge is -2.26. The van der Waals surface area contributed by atoms with Crippen molar-refractivity contribution in [2.75, 3.05) is 51.6 Å². The van der Waals surface area contributed by atoms with Crippen molar-refractivity contribution in [1.29, 1.82) is 0 Å². The van der Waals surface area contributed by atoms with Gasteiger partial charge in [0.2, 0.25) is 0 Å². The number of hydrogen-bond donors (Lipinski definition) is 3. The predicted octanol–water partition coefficient (Wildman–Crippen LogP) is -1.77. The zero-order valence-electron chi connectivity index (χ0n) is 10.8. The van der Waals surface area contributed by atoms with Crippen molar-refractivity contribution >= 4 is 28.7 Å². The van der Waals surface area contributed by atoms with Gasteiger partial charge in [0, 0.05) is 45.0 Å². The number of thioether (sulfide) groups is 1. The van der Waals surface area contributed by atoms with Crippen molar-refractivity contribution in [3.8, 4) is 0 Å². The van der Waals surface area contributed by atoms with Gasteiger partial charge in [-0.2, -0.15) is 0 Å². The van der Waals surface area contributed by atoms with E-state index in [1.165, 1.54) is 11.8 Å². The molecule has 2 heterocycles. The third kappa shape index (κ3) is 4.81. The Hall–Kier alpha value is -1.12. The second-order valence-corrected chi connectivity index (χ2v) is 5.42. The molecule has 0 bridgehead atoms. The molecule has 0 radical (unpaired) electrons. The number of rotatable bonds is 3. The molecule has 0 aromatic carbocycles. The fourth-order valence-electron chi connectivity index (χ4n) is 1.91. The Kier molecular flexibility index (Phi) is 5.62. The molecule has 0 saturated carbocycles. The van der Waals surface area contributed by atoms with Crippen LogP contribution in [0.4, 0.5) is 0 Å². The molecule has 0 aromatic heterocycles. The Bertz CT molecular complexity index is 368. The molecule has 0 spiro atoms.